The Morgan fingerprint density at radius 1 is 1.04 bits per heavy atom. The number of hydrogen-bond acceptors (Lipinski definition) is 3. The largest absolute Gasteiger partial charge is 0.454 e. The molecule has 0 aliphatic rings. The fraction of sp³-hybridized carbons (Fsp3) is 0.0588. The number of Topliss-reactive ketones (excluding diaryl/α,β-unsaturated/α-hetero) is 1. The van der Waals surface area contributed by atoms with Crippen LogP contribution in [0.4, 0.5) is 0 Å². The monoisotopic (exact) mass is 347 g/mol. The number of halogens is 2. The lowest BCUT2D eigenvalue weighted by Gasteiger charge is -2.06. The molecular weight excluding hydrogens is 337 g/mol. The molecule has 116 valence electrons. The van der Waals surface area contributed by atoms with Crippen LogP contribution in [0, 0.1) is 0 Å². The molecule has 0 atom stereocenters. The van der Waals surface area contributed by atoms with E-state index in [1.165, 1.54) is 12.1 Å². The van der Waals surface area contributed by atoms with Crippen molar-refractivity contribution in [3.8, 4) is 0 Å². The predicted molar refractivity (Wildman–Crippen MR) is 89.4 cm³/mol. The number of para-hydroxylation sites is 1. The first-order valence-electron chi connectivity index (χ1n) is 6.78. The lowest BCUT2D eigenvalue weighted by Crippen LogP contribution is -2.14. The summed E-state index contributed by atoms with van der Waals surface area (Å²) in [5.41, 5.74) is 1.46. The van der Waals surface area contributed by atoms with E-state index in [-0.39, 0.29) is 23.0 Å². The molecule has 1 heterocycles. The topological polar surface area (TPSA) is 59.2 Å². The third-order valence-corrected chi connectivity index (χ3v) is 3.94. The van der Waals surface area contributed by atoms with Crippen molar-refractivity contribution >= 4 is 45.9 Å². The van der Waals surface area contributed by atoms with Crippen molar-refractivity contribution < 1.29 is 14.3 Å². The molecule has 6 heteroatoms. The molecule has 2 aromatic carbocycles. The molecule has 0 fully saturated rings. The second kappa shape index (κ2) is 6.44. The molecule has 1 N–H and O–H groups in total. The number of rotatable bonds is 4. The number of esters is 1. The molecule has 0 amide bonds. The van der Waals surface area contributed by atoms with Crippen LogP contribution < -0.4 is 0 Å². The van der Waals surface area contributed by atoms with E-state index in [0.717, 1.165) is 10.9 Å². The Bertz CT molecular complexity index is 902. The number of benzene rings is 2. The first kappa shape index (κ1) is 15.6. The van der Waals surface area contributed by atoms with Gasteiger partial charge in [-0.25, -0.2) is 4.79 Å². The Kier molecular flexibility index (Phi) is 4.37. The summed E-state index contributed by atoms with van der Waals surface area (Å²) in [4.78, 5) is 27.3. The zero-order valence-corrected chi connectivity index (χ0v) is 13.3. The molecule has 0 spiro atoms. The molecule has 3 aromatic rings. The number of carbonyl (C=O) groups is 2. The minimum atomic E-state index is -0.689. The van der Waals surface area contributed by atoms with Crippen LogP contribution in [0.5, 0.6) is 0 Å². The molecule has 0 saturated heterocycles. The van der Waals surface area contributed by atoms with Gasteiger partial charge >= 0.3 is 5.97 Å². The van der Waals surface area contributed by atoms with Gasteiger partial charge in [0.2, 0.25) is 5.78 Å². The van der Waals surface area contributed by atoms with E-state index in [1.54, 1.807) is 12.3 Å². The van der Waals surface area contributed by atoms with Gasteiger partial charge in [-0.2, -0.15) is 0 Å². The third-order valence-electron chi connectivity index (χ3n) is 3.37. The predicted octanol–water partition coefficient (Wildman–Crippen LogP) is 4.51. The van der Waals surface area contributed by atoms with Crippen molar-refractivity contribution in [3.63, 3.8) is 0 Å². The highest BCUT2D eigenvalue weighted by molar-refractivity contribution is 6.35. The third kappa shape index (κ3) is 3.23. The Labute approximate surface area is 142 Å². The maximum atomic E-state index is 12.3. The number of fused-ring (bicyclic) bond motifs is 1. The van der Waals surface area contributed by atoms with Crippen LogP contribution in [0.25, 0.3) is 10.9 Å². The molecule has 23 heavy (non-hydrogen) atoms. The Hall–Kier alpha value is -2.30. The minimum absolute atomic E-state index is 0.130. The first-order chi connectivity index (χ1) is 11.1. The molecule has 3 rings (SSSR count). The maximum Gasteiger partial charge on any atom is 0.340 e. The highest BCUT2D eigenvalue weighted by Gasteiger charge is 2.17. The quantitative estimate of drug-likeness (QED) is 0.557. The molecular formula is C17H11Cl2NO3. The van der Waals surface area contributed by atoms with Crippen LogP contribution in [0.15, 0.2) is 48.7 Å². The summed E-state index contributed by atoms with van der Waals surface area (Å²) in [5, 5.41) is 1.37. The number of ether oxygens (including phenoxy) is 1. The van der Waals surface area contributed by atoms with Gasteiger partial charge in [-0.1, -0.05) is 41.4 Å². The average Bonchev–Trinajstić information content (AvgIpc) is 2.98. The summed E-state index contributed by atoms with van der Waals surface area (Å²) in [6.07, 6.45) is 1.60. The summed E-state index contributed by atoms with van der Waals surface area (Å²) in [5.74, 6) is -0.986. The van der Waals surface area contributed by atoms with E-state index in [0.29, 0.717) is 10.6 Å². The van der Waals surface area contributed by atoms with E-state index in [2.05, 4.69) is 4.98 Å². The molecule has 0 saturated carbocycles. The number of ketones is 1. The lowest BCUT2D eigenvalue weighted by molar-refractivity contribution is 0.0475. The minimum Gasteiger partial charge on any atom is -0.454 e. The second-order valence-electron chi connectivity index (χ2n) is 4.87. The van der Waals surface area contributed by atoms with Gasteiger partial charge in [-0.15, -0.1) is 0 Å². The number of aromatic nitrogens is 1. The summed E-state index contributed by atoms with van der Waals surface area (Å²) in [7, 11) is 0. The Morgan fingerprint density at radius 3 is 2.65 bits per heavy atom. The Balaban J connectivity index is 1.74. The van der Waals surface area contributed by atoms with Gasteiger partial charge in [-0.3, -0.25) is 4.79 Å². The van der Waals surface area contributed by atoms with Crippen LogP contribution in [0.2, 0.25) is 10.0 Å². The lowest BCUT2D eigenvalue weighted by atomic mass is 10.1. The zero-order valence-electron chi connectivity index (χ0n) is 11.8. The van der Waals surface area contributed by atoms with E-state index < -0.39 is 5.97 Å². The number of nitrogens with one attached hydrogen (secondary N) is 1. The van der Waals surface area contributed by atoms with E-state index in [9.17, 15) is 9.59 Å². The molecule has 0 bridgehead atoms. The average molecular weight is 348 g/mol. The van der Waals surface area contributed by atoms with Crippen LogP contribution in [0.1, 0.15) is 20.7 Å². The molecule has 1 aromatic heterocycles. The van der Waals surface area contributed by atoms with Crippen molar-refractivity contribution in [2.45, 2.75) is 0 Å². The second-order valence-corrected chi connectivity index (χ2v) is 5.72. The van der Waals surface area contributed by atoms with Gasteiger partial charge < -0.3 is 9.72 Å². The SMILES string of the molecule is O=C(OCC(=O)c1c[nH]c2ccccc12)c1cc(Cl)ccc1Cl. The van der Waals surface area contributed by atoms with Crippen LogP contribution in [-0.2, 0) is 4.74 Å². The van der Waals surface area contributed by atoms with Crippen LogP contribution >= 0.6 is 23.2 Å². The normalized spacial score (nSPS) is 10.7. The number of carbonyl (C=O) groups excluding carboxylic acids is 2. The molecule has 0 aliphatic carbocycles. The zero-order chi connectivity index (χ0) is 16.4. The summed E-state index contributed by atoms with van der Waals surface area (Å²) in [6, 6.07) is 11.9. The first-order valence-corrected chi connectivity index (χ1v) is 7.53. The fourth-order valence-corrected chi connectivity index (χ4v) is 2.61. The van der Waals surface area contributed by atoms with Crippen molar-refractivity contribution in [3.05, 3.63) is 69.8 Å². The standard InChI is InChI=1S/C17H11Cl2NO3/c18-10-5-6-14(19)12(7-10)17(22)23-9-16(21)13-8-20-15-4-2-1-3-11(13)15/h1-8,20H,9H2. The van der Waals surface area contributed by atoms with Crippen LogP contribution in [0.3, 0.4) is 0 Å². The summed E-state index contributed by atoms with van der Waals surface area (Å²) < 4.78 is 5.05. The van der Waals surface area contributed by atoms with Crippen molar-refractivity contribution in [2.24, 2.45) is 0 Å². The van der Waals surface area contributed by atoms with Crippen molar-refractivity contribution in [2.75, 3.05) is 6.61 Å². The van der Waals surface area contributed by atoms with Gasteiger partial charge in [-0.05, 0) is 24.3 Å². The smallest absolute Gasteiger partial charge is 0.340 e. The molecule has 4 nitrogen and oxygen atoms in total. The maximum absolute atomic E-state index is 12.3. The van der Waals surface area contributed by atoms with Crippen molar-refractivity contribution in [1.29, 1.82) is 0 Å². The number of H-pyrrole nitrogens is 1. The summed E-state index contributed by atoms with van der Waals surface area (Å²) >= 11 is 11.8. The fourth-order valence-electron chi connectivity index (χ4n) is 2.24. The number of aromatic amines is 1. The van der Waals surface area contributed by atoms with Gasteiger partial charge in [0.1, 0.15) is 0 Å². The highest BCUT2D eigenvalue weighted by Crippen LogP contribution is 2.22. The van der Waals surface area contributed by atoms with E-state index in [4.69, 9.17) is 27.9 Å². The van der Waals surface area contributed by atoms with Gasteiger partial charge in [0, 0.05) is 27.7 Å². The molecule has 0 radical (unpaired) electrons. The van der Waals surface area contributed by atoms with E-state index >= 15 is 0 Å². The van der Waals surface area contributed by atoms with Gasteiger partial charge in [0.05, 0.1) is 10.6 Å². The molecule has 0 aliphatic heterocycles. The highest BCUT2D eigenvalue weighted by atomic mass is 35.5. The summed E-state index contributed by atoms with van der Waals surface area (Å²) in [6.45, 7) is -0.372. The molecule has 0 unspecified atom stereocenters. The van der Waals surface area contributed by atoms with E-state index in [1.807, 2.05) is 24.3 Å². The van der Waals surface area contributed by atoms with Crippen molar-refractivity contribution in [1.82, 2.24) is 4.98 Å². The van der Waals surface area contributed by atoms with Crippen LogP contribution in [-0.4, -0.2) is 23.3 Å². The number of hydrogen-bond donors (Lipinski definition) is 1. The Morgan fingerprint density at radius 2 is 1.83 bits per heavy atom. The van der Waals surface area contributed by atoms with Gasteiger partial charge in [0.25, 0.3) is 0 Å². The van der Waals surface area contributed by atoms with Gasteiger partial charge in [0.15, 0.2) is 6.61 Å².